The van der Waals surface area contributed by atoms with Crippen molar-refractivity contribution in [2.75, 3.05) is 20.8 Å². The van der Waals surface area contributed by atoms with Crippen LogP contribution in [0.15, 0.2) is 53.6 Å². The number of para-hydroxylation sites is 2. The first kappa shape index (κ1) is 20.5. The van der Waals surface area contributed by atoms with Gasteiger partial charge in [-0.25, -0.2) is 5.43 Å². The van der Waals surface area contributed by atoms with Crippen molar-refractivity contribution in [3.63, 3.8) is 0 Å². The number of hydrazone groups is 1. The van der Waals surface area contributed by atoms with Crippen molar-refractivity contribution < 1.29 is 24.2 Å². The standard InChI is InChI=1S/C20H21N3O5/c1-27-16-8-4-3-6-14(16)10-11-18(24)21-13-19(25)23-22-12-15-7-5-9-17(28-2)20(15)26/h3-12,26H,13H2,1-2H3,(H,21,24)(H,23,25)/b11-10?,22-12+. The van der Waals surface area contributed by atoms with Crippen LogP contribution in [-0.2, 0) is 9.59 Å². The van der Waals surface area contributed by atoms with E-state index >= 15 is 0 Å². The van der Waals surface area contributed by atoms with Crippen molar-refractivity contribution >= 4 is 24.1 Å². The van der Waals surface area contributed by atoms with Crippen LogP contribution in [0.2, 0.25) is 0 Å². The molecule has 0 aliphatic carbocycles. The van der Waals surface area contributed by atoms with E-state index in [0.717, 1.165) is 5.56 Å². The van der Waals surface area contributed by atoms with E-state index in [2.05, 4.69) is 15.8 Å². The van der Waals surface area contributed by atoms with Gasteiger partial charge in [0, 0.05) is 17.2 Å². The maximum atomic E-state index is 11.8. The molecule has 8 heteroatoms. The molecule has 0 aromatic heterocycles. The zero-order valence-electron chi connectivity index (χ0n) is 15.5. The van der Waals surface area contributed by atoms with Gasteiger partial charge in [-0.15, -0.1) is 0 Å². The Morgan fingerprint density at radius 3 is 2.46 bits per heavy atom. The lowest BCUT2D eigenvalue weighted by molar-refractivity contribution is -0.123. The topological polar surface area (TPSA) is 109 Å². The van der Waals surface area contributed by atoms with E-state index < -0.39 is 11.8 Å². The molecule has 28 heavy (non-hydrogen) atoms. The summed E-state index contributed by atoms with van der Waals surface area (Å²) in [4.78, 5) is 23.6. The number of nitrogens with zero attached hydrogens (tertiary/aromatic N) is 1. The fourth-order valence-corrected chi connectivity index (χ4v) is 2.22. The number of nitrogens with one attached hydrogen (secondary N) is 2. The summed E-state index contributed by atoms with van der Waals surface area (Å²) in [6.07, 6.45) is 4.18. The lowest BCUT2D eigenvalue weighted by Crippen LogP contribution is -2.34. The van der Waals surface area contributed by atoms with E-state index in [1.165, 1.54) is 19.4 Å². The Labute approximate surface area is 162 Å². The van der Waals surface area contributed by atoms with Gasteiger partial charge in [0.05, 0.1) is 27.0 Å². The fraction of sp³-hybridized carbons (Fsp3) is 0.150. The van der Waals surface area contributed by atoms with Gasteiger partial charge >= 0.3 is 0 Å². The highest BCUT2D eigenvalue weighted by atomic mass is 16.5. The summed E-state index contributed by atoms with van der Waals surface area (Å²) in [6, 6.07) is 12.1. The van der Waals surface area contributed by atoms with Crippen LogP contribution in [0, 0.1) is 0 Å². The number of carbonyl (C=O) groups excluding carboxylic acids is 2. The molecule has 0 radical (unpaired) electrons. The second kappa shape index (κ2) is 10.4. The van der Waals surface area contributed by atoms with Gasteiger partial charge in [-0.2, -0.15) is 5.10 Å². The molecule has 2 aromatic rings. The summed E-state index contributed by atoms with van der Waals surface area (Å²) in [5.41, 5.74) is 3.38. The summed E-state index contributed by atoms with van der Waals surface area (Å²) < 4.78 is 10.2. The average molecular weight is 383 g/mol. The maximum Gasteiger partial charge on any atom is 0.259 e. The third-order valence-corrected chi connectivity index (χ3v) is 3.62. The first-order valence-corrected chi connectivity index (χ1v) is 8.32. The summed E-state index contributed by atoms with van der Waals surface area (Å²) >= 11 is 0. The first-order chi connectivity index (χ1) is 13.5. The molecular formula is C20H21N3O5. The van der Waals surface area contributed by atoms with E-state index in [0.29, 0.717) is 17.1 Å². The molecular weight excluding hydrogens is 362 g/mol. The summed E-state index contributed by atoms with van der Waals surface area (Å²) in [5.74, 6) is -0.102. The second-order valence-corrected chi connectivity index (χ2v) is 5.48. The second-order valence-electron chi connectivity index (χ2n) is 5.48. The monoisotopic (exact) mass is 383 g/mol. The van der Waals surface area contributed by atoms with Crippen LogP contribution < -0.4 is 20.2 Å². The molecule has 0 atom stereocenters. The average Bonchev–Trinajstić information content (AvgIpc) is 2.72. The first-order valence-electron chi connectivity index (χ1n) is 8.32. The number of aromatic hydroxyl groups is 1. The van der Waals surface area contributed by atoms with Gasteiger partial charge in [-0.1, -0.05) is 24.3 Å². The molecule has 0 unspecified atom stereocenters. The van der Waals surface area contributed by atoms with Gasteiger partial charge in [0.15, 0.2) is 11.5 Å². The molecule has 0 heterocycles. The highest BCUT2D eigenvalue weighted by molar-refractivity contribution is 5.94. The van der Waals surface area contributed by atoms with Crippen molar-refractivity contribution in [2.24, 2.45) is 5.10 Å². The number of hydrogen-bond donors (Lipinski definition) is 3. The van der Waals surface area contributed by atoms with E-state index in [1.807, 2.05) is 12.1 Å². The molecule has 2 rings (SSSR count). The molecule has 0 aliphatic heterocycles. The molecule has 0 fully saturated rings. The number of ether oxygens (including phenoxy) is 2. The summed E-state index contributed by atoms with van der Waals surface area (Å²) in [7, 11) is 2.98. The number of amides is 2. The van der Waals surface area contributed by atoms with Gasteiger partial charge in [0.1, 0.15) is 5.75 Å². The van der Waals surface area contributed by atoms with Gasteiger partial charge in [-0.05, 0) is 24.3 Å². The van der Waals surface area contributed by atoms with Crippen LogP contribution in [0.25, 0.3) is 6.08 Å². The number of methoxy groups -OCH3 is 2. The number of rotatable bonds is 8. The quantitative estimate of drug-likeness (QED) is 0.365. The van der Waals surface area contributed by atoms with Crippen LogP contribution in [-0.4, -0.2) is 43.9 Å². The highest BCUT2D eigenvalue weighted by Crippen LogP contribution is 2.27. The van der Waals surface area contributed by atoms with Crippen molar-refractivity contribution in [3.8, 4) is 17.2 Å². The number of phenolic OH excluding ortho intramolecular Hbond substituents is 1. The minimum Gasteiger partial charge on any atom is -0.504 e. The Hall–Kier alpha value is -3.81. The van der Waals surface area contributed by atoms with E-state index in [9.17, 15) is 14.7 Å². The Kier molecular flexibility index (Phi) is 7.59. The largest absolute Gasteiger partial charge is 0.504 e. The zero-order chi connectivity index (χ0) is 20.4. The van der Waals surface area contributed by atoms with Gasteiger partial charge < -0.3 is 19.9 Å². The minimum absolute atomic E-state index is 0.0854. The van der Waals surface area contributed by atoms with Crippen LogP contribution in [0.1, 0.15) is 11.1 Å². The Balaban J connectivity index is 1.82. The number of carbonyl (C=O) groups is 2. The van der Waals surface area contributed by atoms with E-state index in [1.54, 1.807) is 43.5 Å². The van der Waals surface area contributed by atoms with Crippen LogP contribution >= 0.6 is 0 Å². The summed E-state index contributed by atoms with van der Waals surface area (Å²) in [6.45, 7) is -0.253. The minimum atomic E-state index is -0.516. The van der Waals surface area contributed by atoms with Gasteiger partial charge in [-0.3, -0.25) is 9.59 Å². The number of benzene rings is 2. The van der Waals surface area contributed by atoms with Crippen molar-refractivity contribution in [1.29, 1.82) is 0 Å². The molecule has 8 nitrogen and oxygen atoms in total. The zero-order valence-corrected chi connectivity index (χ0v) is 15.5. The van der Waals surface area contributed by atoms with Gasteiger partial charge in [0.2, 0.25) is 5.91 Å². The number of hydrogen-bond acceptors (Lipinski definition) is 6. The fourth-order valence-electron chi connectivity index (χ4n) is 2.22. The van der Waals surface area contributed by atoms with Crippen LogP contribution in [0.3, 0.4) is 0 Å². The lowest BCUT2D eigenvalue weighted by atomic mass is 10.2. The molecule has 0 bridgehead atoms. The number of phenols is 1. The Morgan fingerprint density at radius 1 is 1.04 bits per heavy atom. The third-order valence-electron chi connectivity index (χ3n) is 3.62. The predicted molar refractivity (Wildman–Crippen MR) is 105 cm³/mol. The highest BCUT2D eigenvalue weighted by Gasteiger charge is 2.06. The Morgan fingerprint density at radius 2 is 1.71 bits per heavy atom. The van der Waals surface area contributed by atoms with Crippen LogP contribution in [0.5, 0.6) is 17.2 Å². The van der Waals surface area contributed by atoms with Crippen molar-refractivity contribution in [2.45, 2.75) is 0 Å². The molecule has 0 spiro atoms. The molecule has 146 valence electrons. The van der Waals surface area contributed by atoms with Crippen molar-refractivity contribution in [3.05, 3.63) is 59.7 Å². The molecule has 0 saturated heterocycles. The van der Waals surface area contributed by atoms with Crippen LogP contribution in [0.4, 0.5) is 0 Å². The SMILES string of the molecule is COc1ccccc1C=CC(=O)NCC(=O)N/N=C/c1cccc(OC)c1O. The molecule has 0 aliphatic rings. The molecule has 2 amide bonds. The predicted octanol–water partition coefficient (Wildman–Crippen LogP) is 1.69. The smallest absolute Gasteiger partial charge is 0.259 e. The molecule has 3 N–H and O–H groups in total. The van der Waals surface area contributed by atoms with Crippen molar-refractivity contribution in [1.82, 2.24) is 10.7 Å². The lowest BCUT2D eigenvalue weighted by Gasteiger charge is -2.05. The maximum absolute atomic E-state index is 11.8. The van der Waals surface area contributed by atoms with E-state index in [4.69, 9.17) is 9.47 Å². The summed E-state index contributed by atoms with van der Waals surface area (Å²) in [5, 5.41) is 16.1. The third kappa shape index (κ3) is 5.87. The van der Waals surface area contributed by atoms with E-state index in [-0.39, 0.29) is 12.3 Å². The Bertz CT molecular complexity index is 893. The molecule has 0 saturated carbocycles. The normalized spacial score (nSPS) is 10.8. The molecule has 2 aromatic carbocycles. The van der Waals surface area contributed by atoms with Gasteiger partial charge in [0.25, 0.3) is 5.91 Å².